The minimum atomic E-state index is -0.410. The number of hydrogen-bond donors (Lipinski definition) is 4. The van der Waals surface area contributed by atoms with Gasteiger partial charge in [0.1, 0.15) is 6.54 Å². The Morgan fingerprint density at radius 3 is 2.22 bits per heavy atom. The highest BCUT2D eigenvalue weighted by Crippen LogP contribution is 2.08. The van der Waals surface area contributed by atoms with Gasteiger partial charge < -0.3 is 20.9 Å². The standard InChI is InChI=1S/C19H24N4O3S/c1-23(2)13-15-7-4-3-6-14(15)10-20-17(24)11-21-18(25)12-22-19(26)16-8-5-9-27-16/h3-9H,10-13H2,1-2H3,(H,20,24)(H,21,25)(H,22,26)/p+1. The van der Waals surface area contributed by atoms with Crippen molar-refractivity contribution >= 4 is 29.1 Å². The molecule has 0 saturated heterocycles. The van der Waals surface area contributed by atoms with Crippen LogP contribution in [0.15, 0.2) is 41.8 Å². The fraction of sp³-hybridized carbons (Fsp3) is 0.316. The van der Waals surface area contributed by atoms with Gasteiger partial charge in [0.15, 0.2) is 0 Å². The third kappa shape index (κ3) is 7.20. The molecule has 0 aliphatic rings. The van der Waals surface area contributed by atoms with Crippen LogP contribution in [0, 0.1) is 0 Å². The Kier molecular flexibility index (Phi) is 7.97. The average molecular weight is 390 g/mol. The summed E-state index contributed by atoms with van der Waals surface area (Å²) in [6.07, 6.45) is 0. The summed E-state index contributed by atoms with van der Waals surface area (Å²) in [5, 5.41) is 9.61. The van der Waals surface area contributed by atoms with Crippen LogP contribution in [0.2, 0.25) is 0 Å². The molecule has 0 saturated carbocycles. The van der Waals surface area contributed by atoms with Gasteiger partial charge in [-0.3, -0.25) is 14.4 Å². The molecule has 0 spiro atoms. The minimum Gasteiger partial charge on any atom is -0.350 e. The van der Waals surface area contributed by atoms with E-state index in [2.05, 4.69) is 30.0 Å². The van der Waals surface area contributed by atoms with E-state index >= 15 is 0 Å². The van der Waals surface area contributed by atoms with E-state index in [0.717, 1.165) is 12.1 Å². The molecule has 0 aliphatic carbocycles. The highest BCUT2D eigenvalue weighted by atomic mass is 32.1. The predicted molar refractivity (Wildman–Crippen MR) is 104 cm³/mol. The van der Waals surface area contributed by atoms with Crippen molar-refractivity contribution in [1.82, 2.24) is 16.0 Å². The first kappa shape index (κ1) is 20.6. The molecule has 7 nitrogen and oxygen atoms in total. The zero-order valence-electron chi connectivity index (χ0n) is 15.5. The molecule has 0 fully saturated rings. The fourth-order valence-corrected chi connectivity index (χ4v) is 3.08. The molecule has 0 bridgehead atoms. The number of carbonyl (C=O) groups excluding carboxylic acids is 3. The van der Waals surface area contributed by atoms with Crippen molar-refractivity contribution in [3.8, 4) is 0 Å². The smallest absolute Gasteiger partial charge is 0.261 e. The fourth-order valence-electron chi connectivity index (χ4n) is 2.44. The second kappa shape index (κ2) is 10.4. The third-order valence-corrected chi connectivity index (χ3v) is 4.61. The van der Waals surface area contributed by atoms with Crippen LogP contribution in [-0.4, -0.2) is 44.9 Å². The molecule has 1 aromatic heterocycles. The highest BCUT2D eigenvalue weighted by Gasteiger charge is 2.11. The maximum Gasteiger partial charge on any atom is 0.261 e. The molecule has 27 heavy (non-hydrogen) atoms. The number of quaternary nitrogens is 1. The molecule has 0 radical (unpaired) electrons. The summed E-state index contributed by atoms with van der Waals surface area (Å²) in [7, 11) is 4.14. The lowest BCUT2D eigenvalue weighted by atomic mass is 10.1. The lowest BCUT2D eigenvalue weighted by Crippen LogP contribution is -3.04. The second-order valence-electron chi connectivity index (χ2n) is 6.37. The topological polar surface area (TPSA) is 91.7 Å². The molecule has 3 amide bonds. The first-order chi connectivity index (χ1) is 13.0. The number of nitrogens with one attached hydrogen (secondary N) is 4. The van der Waals surface area contributed by atoms with Crippen molar-refractivity contribution in [3.63, 3.8) is 0 Å². The van der Waals surface area contributed by atoms with E-state index in [0.29, 0.717) is 11.4 Å². The Balaban J connectivity index is 1.70. The van der Waals surface area contributed by atoms with E-state index in [9.17, 15) is 14.4 Å². The highest BCUT2D eigenvalue weighted by molar-refractivity contribution is 7.12. The Hall–Kier alpha value is -2.71. The minimum absolute atomic E-state index is 0.130. The van der Waals surface area contributed by atoms with E-state index < -0.39 is 5.91 Å². The first-order valence-electron chi connectivity index (χ1n) is 8.66. The average Bonchev–Trinajstić information content (AvgIpc) is 3.18. The number of hydrogen-bond acceptors (Lipinski definition) is 4. The molecular weight excluding hydrogens is 364 g/mol. The predicted octanol–water partition coefficient (Wildman–Crippen LogP) is -0.445. The molecule has 0 aliphatic heterocycles. The van der Waals surface area contributed by atoms with Gasteiger partial charge in [0, 0.05) is 12.1 Å². The van der Waals surface area contributed by atoms with Crippen molar-refractivity contribution in [2.45, 2.75) is 13.1 Å². The number of rotatable bonds is 9. The molecule has 0 unspecified atom stereocenters. The monoisotopic (exact) mass is 389 g/mol. The molecular formula is C19H25N4O3S+. The Labute approximate surface area is 162 Å². The lowest BCUT2D eigenvalue weighted by Gasteiger charge is -2.13. The van der Waals surface area contributed by atoms with Crippen molar-refractivity contribution in [3.05, 3.63) is 57.8 Å². The van der Waals surface area contributed by atoms with Crippen LogP contribution < -0.4 is 20.9 Å². The Bertz CT molecular complexity index is 775. The van der Waals surface area contributed by atoms with E-state index in [1.165, 1.54) is 21.8 Å². The van der Waals surface area contributed by atoms with Gasteiger partial charge in [-0.1, -0.05) is 30.3 Å². The van der Waals surface area contributed by atoms with Gasteiger partial charge in [-0.2, -0.15) is 0 Å². The summed E-state index contributed by atoms with van der Waals surface area (Å²) in [6.45, 7) is 0.979. The summed E-state index contributed by atoms with van der Waals surface area (Å²) in [5.41, 5.74) is 2.24. The first-order valence-corrected chi connectivity index (χ1v) is 9.54. The van der Waals surface area contributed by atoms with Crippen LogP contribution in [0.1, 0.15) is 20.8 Å². The molecule has 144 valence electrons. The van der Waals surface area contributed by atoms with Gasteiger partial charge in [0.25, 0.3) is 5.91 Å². The van der Waals surface area contributed by atoms with Gasteiger partial charge in [-0.25, -0.2) is 0 Å². The number of thiophene rings is 1. The van der Waals surface area contributed by atoms with Crippen molar-refractivity contribution in [1.29, 1.82) is 0 Å². The summed E-state index contributed by atoms with van der Waals surface area (Å²) in [6, 6.07) is 11.4. The van der Waals surface area contributed by atoms with E-state index in [-0.39, 0.29) is 24.9 Å². The quantitative estimate of drug-likeness (QED) is 0.468. The van der Waals surface area contributed by atoms with Gasteiger partial charge in [-0.15, -0.1) is 11.3 Å². The molecule has 1 heterocycles. The zero-order valence-corrected chi connectivity index (χ0v) is 16.3. The zero-order chi connectivity index (χ0) is 19.6. The van der Waals surface area contributed by atoms with Crippen LogP contribution in [-0.2, 0) is 22.7 Å². The number of benzene rings is 1. The summed E-state index contributed by atoms with van der Waals surface area (Å²) >= 11 is 1.30. The van der Waals surface area contributed by atoms with Gasteiger partial charge in [0.05, 0.1) is 32.1 Å². The van der Waals surface area contributed by atoms with Crippen molar-refractivity contribution < 1.29 is 19.3 Å². The maximum absolute atomic E-state index is 12.0. The SMILES string of the molecule is C[NH+](C)Cc1ccccc1CNC(=O)CNC(=O)CNC(=O)c1cccs1. The number of carbonyl (C=O) groups is 3. The van der Waals surface area contributed by atoms with E-state index in [4.69, 9.17) is 0 Å². The van der Waals surface area contributed by atoms with Gasteiger partial charge in [-0.05, 0) is 17.0 Å². The van der Waals surface area contributed by atoms with Gasteiger partial charge >= 0.3 is 0 Å². The molecule has 8 heteroatoms. The Morgan fingerprint density at radius 2 is 1.56 bits per heavy atom. The molecule has 2 rings (SSSR count). The van der Waals surface area contributed by atoms with Gasteiger partial charge in [0.2, 0.25) is 11.8 Å². The van der Waals surface area contributed by atoms with Crippen LogP contribution in [0.4, 0.5) is 0 Å². The summed E-state index contributed by atoms with van der Waals surface area (Å²) in [4.78, 5) is 37.3. The van der Waals surface area contributed by atoms with Crippen molar-refractivity contribution in [2.75, 3.05) is 27.2 Å². The van der Waals surface area contributed by atoms with E-state index in [1.54, 1.807) is 17.5 Å². The van der Waals surface area contributed by atoms with Crippen LogP contribution >= 0.6 is 11.3 Å². The molecule has 2 aromatic rings. The second-order valence-corrected chi connectivity index (χ2v) is 7.31. The lowest BCUT2D eigenvalue weighted by molar-refractivity contribution is -0.872. The Morgan fingerprint density at radius 1 is 0.889 bits per heavy atom. The normalized spacial score (nSPS) is 10.5. The third-order valence-electron chi connectivity index (χ3n) is 3.74. The van der Waals surface area contributed by atoms with Crippen LogP contribution in [0.3, 0.4) is 0 Å². The van der Waals surface area contributed by atoms with Crippen LogP contribution in [0.25, 0.3) is 0 Å². The maximum atomic E-state index is 12.0. The van der Waals surface area contributed by atoms with Crippen LogP contribution in [0.5, 0.6) is 0 Å². The largest absolute Gasteiger partial charge is 0.350 e. The van der Waals surface area contributed by atoms with E-state index in [1.807, 2.05) is 24.3 Å². The molecule has 0 atom stereocenters. The summed E-state index contributed by atoms with van der Waals surface area (Å²) < 4.78 is 0. The summed E-state index contributed by atoms with van der Waals surface area (Å²) in [5.74, 6) is -0.990. The molecule has 4 N–H and O–H groups in total. The molecule has 1 aromatic carbocycles. The number of amides is 3. The van der Waals surface area contributed by atoms with Crippen molar-refractivity contribution in [2.24, 2.45) is 0 Å².